The molecule has 0 N–H and O–H groups in total. The van der Waals surface area contributed by atoms with Crippen LogP contribution in [0.4, 0.5) is 17.1 Å². The Labute approximate surface area is 308 Å². The number of rotatable bonds is 4. The molecule has 0 fully saturated rings. The van der Waals surface area contributed by atoms with Crippen molar-refractivity contribution in [1.82, 2.24) is 0 Å². The standard InChI is InChI=1S/C51H35NO/c1-51(2)46-16-7-5-13-41(46)42-28-24-37(31-47(42)51)52(36-25-29-49-45(30-36)43-14-6-8-17-48(43)53-49)35-22-18-33(19-23-35)39-15-9-11-34-21-26-40-38-12-4-3-10-32(38)20-27-44(40)50(34)39/h3-31H,1-2H3. The number of anilines is 3. The molecule has 0 saturated carbocycles. The molecule has 0 radical (unpaired) electrons. The maximum absolute atomic E-state index is 6.26. The molecule has 0 unspecified atom stereocenters. The third-order valence-electron chi connectivity index (χ3n) is 11.6. The van der Waals surface area contributed by atoms with Gasteiger partial charge in [-0.05, 0) is 114 Å². The van der Waals surface area contributed by atoms with Crippen molar-refractivity contribution in [3.63, 3.8) is 0 Å². The number of fused-ring (bicyclic) bond motifs is 11. The maximum atomic E-state index is 6.26. The molecule has 250 valence electrons. The lowest BCUT2D eigenvalue weighted by Gasteiger charge is -2.28. The van der Waals surface area contributed by atoms with Crippen molar-refractivity contribution in [2.75, 3.05) is 4.90 Å². The molecule has 9 aromatic carbocycles. The summed E-state index contributed by atoms with van der Waals surface area (Å²) >= 11 is 0. The zero-order valence-electron chi connectivity index (χ0n) is 29.6. The Bertz CT molecular complexity index is 3090. The minimum Gasteiger partial charge on any atom is -0.456 e. The summed E-state index contributed by atoms with van der Waals surface area (Å²) in [5, 5.41) is 9.90. The van der Waals surface area contributed by atoms with Crippen LogP contribution in [-0.2, 0) is 5.41 Å². The second kappa shape index (κ2) is 11.2. The molecule has 53 heavy (non-hydrogen) atoms. The molecule has 2 nitrogen and oxygen atoms in total. The first-order valence-electron chi connectivity index (χ1n) is 18.4. The highest BCUT2D eigenvalue weighted by molar-refractivity contribution is 6.21. The Hall–Kier alpha value is -6.64. The van der Waals surface area contributed by atoms with E-state index in [4.69, 9.17) is 4.42 Å². The largest absolute Gasteiger partial charge is 0.456 e. The Kier molecular flexibility index (Phi) is 6.33. The summed E-state index contributed by atoms with van der Waals surface area (Å²) in [4.78, 5) is 2.40. The predicted molar refractivity (Wildman–Crippen MR) is 224 cm³/mol. The zero-order valence-corrected chi connectivity index (χ0v) is 29.6. The van der Waals surface area contributed by atoms with E-state index < -0.39 is 0 Å². The molecule has 0 aliphatic heterocycles. The van der Waals surface area contributed by atoms with Gasteiger partial charge in [0.15, 0.2) is 0 Å². The van der Waals surface area contributed by atoms with Gasteiger partial charge in [0.05, 0.1) is 0 Å². The third kappa shape index (κ3) is 4.45. The minimum absolute atomic E-state index is 0.107. The van der Waals surface area contributed by atoms with Gasteiger partial charge >= 0.3 is 0 Å². The molecule has 1 aliphatic carbocycles. The van der Waals surface area contributed by atoms with Crippen molar-refractivity contribution in [3.8, 4) is 22.3 Å². The van der Waals surface area contributed by atoms with Crippen molar-refractivity contribution >= 4 is 71.3 Å². The topological polar surface area (TPSA) is 16.4 Å². The molecule has 0 atom stereocenters. The van der Waals surface area contributed by atoms with Gasteiger partial charge in [-0.2, -0.15) is 0 Å². The van der Waals surface area contributed by atoms with Gasteiger partial charge in [-0.1, -0.05) is 141 Å². The molecule has 1 aliphatic rings. The van der Waals surface area contributed by atoms with Crippen molar-refractivity contribution in [1.29, 1.82) is 0 Å². The van der Waals surface area contributed by atoms with Gasteiger partial charge in [-0.15, -0.1) is 0 Å². The highest BCUT2D eigenvalue weighted by Gasteiger charge is 2.35. The number of para-hydroxylation sites is 1. The van der Waals surface area contributed by atoms with Crippen LogP contribution in [0.2, 0.25) is 0 Å². The van der Waals surface area contributed by atoms with Crippen LogP contribution < -0.4 is 4.90 Å². The molecule has 1 aromatic heterocycles. The van der Waals surface area contributed by atoms with Crippen molar-refractivity contribution < 1.29 is 4.42 Å². The van der Waals surface area contributed by atoms with E-state index in [1.54, 1.807) is 0 Å². The van der Waals surface area contributed by atoms with Crippen LogP contribution in [0.3, 0.4) is 0 Å². The molecule has 2 heteroatoms. The SMILES string of the molecule is CC1(C)c2ccccc2-c2ccc(N(c3ccc(-c4cccc5ccc6c7ccccc7ccc6c45)cc3)c3ccc4oc5ccccc5c4c3)cc21. The first-order chi connectivity index (χ1) is 26.0. The zero-order chi connectivity index (χ0) is 35.3. The number of nitrogens with zero attached hydrogens (tertiary/aromatic N) is 1. The fraction of sp³-hybridized carbons (Fsp3) is 0.0588. The molecule has 10 aromatic rings. The first-order valence-corrected chi connectivity index (χ1v) is 18.4. The monoisotopic (exact) mass is 677 g/mol. The minimum atomic E-state index is -0.107. The number of hydrogen-bond acceptors (Lipinski definition) is 2. The second-order valence-corrected chi connectivity index (χ2v) is 14.9. The first kappa shape index (κ1) is 30.0. The summed E-state index contributed by atoms with van der Waals surface area (Å²) in [6, 6.07) is 64.3. The normalized spacial score (nSPS) is 13.2. The third-order valence-corrected chi connectivity index (χ3v) is 11.6. The Morgan fingerprint density at radius 1 is 0.396 bits per heavy atom. The molecule has 1 heterocycles. The van der Waals surface area contributed by atoms with Crippen LogP contribution in [0.25, 0.3) is 76.5 Å². The average Bonchev–Trinajstić information content (AvgIpc) is 3.69. The van der Waals surface area contributed by atoms with Crippen molar-refractivity contribution in [3.05, 3.63) is 187 Å². The lowest BCUT2D eigenvalue weighted by atomic mass is 9.82. The van der Waals surface area contributed by atoms with Crippen LogP contribution in [0.1, 0.15) is 25.0 Å². The Morgan fingerprint density at radius 2 is 1.04 bits per heavy atom. The fourth-order valence-electron chi connectivity index (χ4n) is 9.04. The molecule has 0 bridgehead atoms. The number of benzene rings is 9. The van der Waals surface area contributed by atoms with Gasteiger partial charge in [0.25, 0.3) is 0 Å². The highest BCUT2D eigenvalue weighted by Crippen LogP contribution is 2.51. The summed E-state index contributed by atoms with van der Waals surface area (Å²) in [5.74, 6) is 0. The maximum Gasteiger partial charge on any atom is 0.135 e. The van der Waals surface area contributed by atoms with E-state index in [1.807, 2.05) is 12.1 Å². The number of hydrogen-bond donors (Lipinski definition) is 0. The fourth-order valence-corrected chi connectivity index (χ4v) is 9.04. The second-order valence-electron chi connectivity index (χ2n) is 14.9. The Balaban J connectivity index is 1.09. The molecular weight excluding hydrogens is 643 g/mol. The molecular formula is C51H35NO. The molecule has 0 spiro atoms. The van der Waals surface area contributed by atoms with Gasteiger partial charge in [-0.3, -0.25) is 0 Å². The van der Waals surface area contributed by atoms with Crippen LogP contribution in [0.5, 0.6) is 0 Å². The molecule has 0 saturated heterocycles. The van der Waals surface area contributed by atoms with E-state index in [0.29, 0.717) is 0 Å². The van der Waals surface area contributed by atoms with Crippen LogP contribution in [0.15, 0.2) is 180 Å². The van der Waals surface area contributed by atoms with Crippen LogP contribution in [0, 0.1) is 0 Å². The van der Waals surface area contributed by atoms with E-state index in [9.17, 15) is 0 Å². The lowest BCUT2D eigenvalue weighted by Crippen LogP contribution is -2.16. The summed E-state index contributed by atoms with van der Waals surface area (Å²) < 4.78 is 6.26. The summed E-state index contributed by atoms with van der Waals surface area (Å²) in [6.45, 7) is 4.70. The predicted octanol–water partition coefficient (Wildman–Crippen LogP) is 14.5. The van der Waals surface area contributed by atoms with E-state index in [0.717, 1.165) is 39.0 Å². The van der Waals surface area contributed by atoms with E-state index in [2.05, 4.69) is 183 Å². The lowest BCUT2D eigenvalue weighted by molar-refractivity contribution is 0.660. The van der Waals surface area contributed by atoms with Crippen molar-refractivity contribution in [2.24, 2.45) is 0 Å². The van der Waals surface area contributed by atoms with Gasteiger partial charge < -0.3 is 9.32 Å². The quantitative estimate of drug-likeness (QED) is 0.172. The van der Waals surface area contributed by atoms with Crippen LogP contribution in [-0.4, -0.2) is 0 Å². The van der Waals surface area contributed by atoms with E-state index in [1.165, 1.54) is 65.7 Å². The van der Waals surface area contributed by atoms with Crippen LogP contribution >= 0.6 is 0 Å². The average molecular weight is 678 g/mol. The smallest absolute Gasteiger partial charge is 0.135 e. The molecule has 11 rings (SSSR count). The van der Waals surface area contributed by atoms with Gasteiger partial charge in [0.2, 0.25) is 0 Å². The van der Waals surface area contributed by atoms with Gasteiger partial charge in [0.1, 0.15) is 11.2 Å². The van der Waals surface area contributed by atoms with Crippen molar-refractivity contribution in [2.45, 2.75) is 19.3 Å². The van der Waals surface area contributed by atoms with Gasteiger partial charge in [0, 0.05) is 33.2 Å². The summed E-state index contributed by atoms with van der Waals surface area (Å²) in [6.07, 6.45) is 0. The highest BCUT2D eigenvalue weighted by atomic mass is 16.3. The summed E-state index contributed by atoms with van der Waals surface area (Å²) in [5.41, 5.74) is 12.8. The summed E-state index contributed by atoms with van der Waals surface area (Å²) in [7, 11) is 0. The van der Waals surface area contributed by atoms with E-state index >= 15 is 0 Å². The number of furan rings is 1. The molecule has 0 amide bonds. The van der Waals surface area contributed by atoms with E-state index in [-0.39, 0.29) is 5.41 Å². The Morgan fingerprint density at radius 3 is 1.94 bits per heavy atom. The van der Waals surface area contributed by atoms with Gasteiger partial charge in [-0.25, -0.2) is 0 Å².